The second-order valence-electron chi connectivity index (χ2n) is 5.54. The van der Waals surface area contributed by atoms with E-state index in [1.165, 1.54) is 0 Å². The first-order chi connectivity index (χ1) is 12.2. The van der Waals surface area contributed by atoms with Gasteiger partial charge in [-0.3, -0.25) is 4.79 Å². The van der Waals surface area contributed by atoms with Crippen molar-refractivity contribution in [3.63, 3.8) is 0 Å². The van der Waals surface area contributed by atoms with Crippen LogP contribution in [0.5, 0.6) is 5.75 Å². The molecule has 0 radical (unpaired) electrons. The maximum atomic E-state index is 11.9. The summed E-state index contributed by atoms with van der Waals surface area (Å²) in [4.78, 5) is 11.9. The molecule has 1 N–H and O–H groups in total. The van der Waals surface area contributed by atoms with Crippen molar-refractivity contribution in [2.24, 2.45) is 0 Å². The van der Waals surface area contributed by atoms with Crippen LogP contribution in [-0.4, -0.2) is 24.6 Å². The largest absolute Gasteiger partial charge is 0.497 e. The number of nitrogens with one attached hydrogen (secondary N) is 1. The summed E-state index contributed by atoms with van der Waals surface area (Å²) in [6, 6.07) is 19.8. The van der Waals surface area contributed by atoms with Gasteiger partial charge in [-0.05, 0) is 53.1 Å². The fourth-order valence-corrected chi connectivity index (χ4v) is 2.63. The van der Waals surface area contributed by atoms with Crippen LogP contribution in [0.25, 0.3) is 11.3 Å². The van der Waals surface area contributed by atoms with E-state index >= 15 is 0 Å². The number of amides is 1. The lowest BCUT2D eigenvalue weighted by Crippen LogP contribution is -2.15. The first-order valence-corrected chi connectivity index (χ1v) is 8.03. The van der Waals surface area contributed by atoms with Gasteiger partial charge < -0.3 is 14.6 Å². The minimum absolute atomic E-state index is 0.139. The summed E-state index contributed by atoms with van der Waals surface area (Å²) in [6.07, 6.45) is 5.62. The number of ether oxygens (including phenoxy) is 1. The molecule has 1 aromatic heterocycles. The molecular formula is C21H20N2O2. The Morgan fingerprint density at radius 2 is 1.52 bits per heavy atom. The van der Waals surface area contributed by atoms with Crippen LogP contribution in [0, 0.1) is 0 Å². The maximum absolute atomic E-state index is 11.9. The SMILES string of the molecule is CNC(=O)C=C(c1ccc(OC)cc1)c1ccc(-n2cccc2)cc1. The van der Waals surface area contributed by atoms with Gasteiger partial charge >= 0.3 is 0 Å². The number of rotatable bonds is 5. The number of carbonyl (C=O) groups excluding carboxylic acids is 1. The van der Waals surface area contributed by atoms with E-state index in [-0.39, 0.29) is 5.91 Å². The quantitative estimate of drug-likeness (QED) is 0.725. The van der Waals surface area contributed by atoms with Gasteiger partial charge in [0.1, 0.15) is 5.75 Å². The molecule has 0 unspecified atom stereocenters. The van der Waals surface area contributed by atoms with E-state index in [1.54, 1.807) is 20.2 Å². The smallest absolute Gasteiger partial charge is 0.244 e. The van der Waals surface area contributed by atoms with Crippen LogP contribution in [0.4, 0.5) is 0 Å². The highest BCUT2D eigenvalue weighted by Crippen LogP contribution is 2.26. The van der Waals surface area contributed by atoms with Crippen LogP contribution in [0.2, 0.25) is 0 Å². The molecule has 0 bridgehead atoms. The highest BCUT2D eigenvalue weighted by molar-refractivity contribution is 5.99. The number of hydrogen-bond donors (Lipinski definition) is 1. The molecule has 0 fully saturated rings. The second kappa shape index (κ2) is 7.53. The van der Waals surface area contributed by atoms with E-state index in [4.69, 9.17) is 4.74 Å². The van der Waals surface area contributed by atoms with Gasteiger partial charge in [0.15, 0.2) is 0 Å². The Morgan fingerprint density at radius 1 is 0.960 bits per heavy atom. The first kappa shape index (κ1) is 16.6. The van der Waals surface area contributed by atoms with Crippen LogP contribution in [0.3, 0.4) is 0 Å². The lowest BCUT2D eigenvalue weighted by molar-refractivity contribution is -0.116. The molecule has 0 atom stereocenters. The van der Waals surface area contributed by atoms with E-state index in [9.17, 15) is 4.79 Å². The molecule has 2 aromatic carbocycles. The molecule has 0 aliphatic rings. The zero-order valence-corrected chi connectivity index (χ0v) is 14.3. The normalized spacial score (nSPS) is 11.2. The number of carbonyl (C=O) groups is 1. The van der Waals surface area contributed by atoms with Gasteiger partial charge in [0.25, 0.3) is 0 Å². The van der Waals surface area contributed by atoms with E-state index in [2.05, 4.69) is 5.32 Å². The highest BCUT2D eigenvalue weighted by atomic mass is 16.5. The molecule has 4 nitrogen and oxygen atoms in total. The Morgan fingerprint density at radius 3 is 2.04 bits per heavy atom. The first-order valence-electron chi connectivity index (χ1n) is 8.03. The molecule has 25 heavy (non-hydrogen) atoms. The average molecular weight is 332 g/mol. The van der Waals surface area contributed by atoms with Crippen LogP contribution in [0.15, 0.2) is 79.1 Å². The lowest BCUT2D eigenvalue weighted by Gasteiger charge is -2.11. The van der Waals surface area contributed by atoms with Crippen molar-refractivity contribution >= 4 is 11.5 Å². The molecule has 0 spiro atoms. The van der Waals surface area contributed by atoms with Crippen molar-refractivity contribution in [3.05, 3.63) is 90.3 Å². The Kier molecular flexibility index (Phi) is 5.00. The Labute approximate surface area is 147 Å². The average Bonchev–Trinajstić information content (AvgIpc) is 3.21. The van der Waals surface area contributed by atoms with Crippen LogP contribution in [-0.2, 0) is 4.79 Å². The number of hydrogen-bond acceptors (Lipinski definition) is 2. The molecule has 0 saturated heterocycles. The van der Waals surface area contributed by atoms with Gasteiger partial charge in [0.2, 0.25) is 5.91 Å². The zero-order valence-electron chi connectivity index (χ0n) is 14.3. The van der Waals surface area contributed by atoms with Gasteiger partial charge in [-0.25, -0.2) is 0 Å². The monoisotopic (exact) mass is 332 g/mol. The van der Waals surface area contributed by atoms with Gasteiger partial charge in [0.05, 0.1) is 7.11 Å². The number of methoxy groups -OCH3 is 1. The molecule has 0 aliphatic heterocycles. The minimum Gasteiger partial charge on any atom is -0.497 e. The third-order valence-electron chi connectivity index (χ3n) is 4.00. The molecule has 126 valence electrons. The van der Waals surface area contributed by atoms with Gasteiger partial charge in [0, 0.05) is 31.2 Å². The molecule has 1 heterocycles. The molecule has 3 rings (SSSR count). The third-order valence-corrected chi connectivity index (χ3v) is 4.00. The highest BCUT2D eigenvalue weighted by Gasteiger charge is 2.08. The van der Waals surface area contributed by atoms with Crippen LogP contribution >= 0.6 is 0 Å². The van der Waals surface area contributed by atoms with Crippen molar-refractivity contribution in [3.8, 4) is 11.4 Å². The van der Waals surface area contributed by atoms with E-state index < -0.39 is 0 Å². The molecule has 3 aromatic rings. The third kappa shape index (κ3) is 3.80. The molecule has 4 heteroatoms. The summed E-state index contributed by atoms with van der Waals surface area (Å²) in [5, 5.41) is 2.65. The fraction of sp³-hybridized carbons (Fsp3) is 0.0952. The Hall–Kier alpha value is -3.27. The van der Waals surface area contributed by atoms with E-state index in [0.29, 0.717) is 0 Å². The molecule has 0 aliphatic carbocycles. The van der Waals surface area contributed by atoms with Crippen LogP contribution < -0.4 is 10.1 Å². The summed E-state index contributed by atoms with van der Waals surface area (Å²) in [5.41, 5.74) is 3.87. The Balaban J connectivity index is 1.99. The summed E-state index contributed by atoms with van der Waals surface area (Å²) in [7, 11) is 3.26. The summed E-state index contributed by atoms with van der Waals surface area (Å²) < 4.78 is 7.25. The van der Waals surface area contributed by atoms with Gasteiger partial charge in [-0.2, -0.15) is 0 Å². The predicted molar refractivity (Wildman–Crippen MR) is 99.9 cm³/mol. The van der Waals surface area contributed by atoms with Crippen molar-refractivity contribution in [2.75, 3.05) is 14.2 Å². The molecule has 0 saturated carbocycles. The van der Waals surface area contributed by atoms with Gasteiger partial charge in [-0.15, -0.1) is 0 Å². The van der Waals surface area contributed by atoms with E-state index in [0.717, 1.165) is 28.1 Å². The standard InChI is InChI=1S/C21H20N2O2/c1-22-21(24)15-20(17-7-11-19(25-2)12-8-17)16-5-9-18(10-6-16)23-13-3-4-14-23/h3-15H,1-2H3,(H,22,24). The van der Waals surface area contributed by atoms with Crippen molar-refractivity contribution in [1.82, 2.24) is 9.88 Å². The molecular weight excluding hydrogens is 312 g/mol. The topological polar surface area (TPSA) is 43.3 Å². The predicted octanol–water partition coefficient (Wildman–Crippen LogP) is 3.66. The Bertz CT molecular complexity index is 861. The van der Waals surface area contributed by atoms with E-state index in [1.807, 2.05) is 77.6 Å². The number of nitrogens with zero attached hydrogens (tertiary/aromatic N) is 1. The summed E-state index contributed by atoms with van der Waals surface area (Å²) in [5.74, 6) is 0.645. The maximum Gasteiger partial charge on any atom is 0.244 e. The summed E-state index contributed by atoms with van der Waals surface area (Å²) >= 11 is 0. The van der Waals surface area contributed by atoms with Crippen molar-refractivity contribution < 1.29 is 9.53 Å². The van der Waals surface area contributed by atoms with Crippen molar-refractivity contribution in [1.29, 1.82) is 0 Å². The number of likely N-dealkylation sites (N-methyl/N-ethyl adjacent to an activating group) is 1. The van der Waals surface area contributed by atoms with Gasteiger partial charge in [-0.1, -0.05) is 24.3 Å². The fourth-order valence-electron chi connectivity index (χ4n) is 2.63. The minimum atomic E-state index is -0.139. The number of aromatic nitrogens is 1. The number of benzene rings is 2. The second-order valence-corrected chi connectivity index (χ2v) is 5.54. The lowest BCUT2D eigenvalue weighted by atomic mass is 9.97. The van der Waals surface area contributed by atoms with Crippen molar-refractivity contribution in [2.45, 2.75) is 0 Å². The summed E-state index contributed by atoms with van der Waals surface area (Å²) in [6.45, 7) is 0. The molecule has 1 amide bonds. The van der Waals surface area contributed by atoms with Crippen LogP contribution in [0.1, 0.15) is 11.1 Å². The zero-order chi connectivity index (χ0) is 17.6.